The number of hydrogen-bond donors (Lipinski definition) is 1. The van der Waals surface area contributed by atoms with Crippen LogP contribution in [0.2, 0.25) is 0 Å². The fourth-order valence-electron chi connectivity index (χ4n) is 2.41. The Kier molecular flexibility index (Phi) is 8.39. The smallest absolute Gasteiger partial charge is 0.408 e. The predicted octanol–water partition coefficient (Wildman–Crippen LogP) is 3.05. The third kappa shape index (κ3) is 4.92. The molecule has 1 aliphatic heterocycles. The highest BCUT2D eigenvalue weighted by Crippen LogP contribution is 2.41. The lowest BCUT2D eigenvalue weighted by atomic mass is 10.0. The topological polar surface area (TPSA) is 24.5 Å². The number of alkyl halides is 3. The van der Waals surface area contributed by atoms with Gasteiger partial charge in [0.05, 0.1) is 7.11 Å². The molecule has 1 aliphatic rings. The van der Waals surface area contributed by atoms with Crippen LogP contribution in [0, 0.1) is 0 Å². The average molecular weight is 347 g/mol. The number of rotatable bonds is 3. The lowest BCUT2D eigenvalue weighted by molar-refractivity contribution is -0.188. The molecule has 1 atom stereocenters. The second kappa shape index (κ2) is 8.68. The summed E-state index contributed by atoms with van der Waals surface area (Å²) in [5.74, 6) is 0.281. The molecule has 0 aliphatic carbocycles. The molecule has 3 nitrogen and oxygen atoms in total. The highest BCUT2D eigenvalue weighted by molar-refractivity contribution is 5.85. The number of nitrogens with zero attached hydrogens (tertiary/aromatic N) is 1. The van der Waals surface area contributed by atoms with Gasteiger partial charge in [-0.2, -0.15) is 13.2 Å². The third-order valence-corrected chi connectivity index (χ3v) is 3.26. The summed E-state index contributed by atoms with van der Waals surface area (Å²) >= 11 is 0. The molecule has 1 N–H and O–H groups in total. The monoisotopic (exact) mass is 346 g/mol. The Balaban J connectivity index is 0.00000200. The molecule has 21 heavy (non-hydrogen) atoms. The zero-order valence-corrected chi connectivity index (χ0v) is 13.2. The van der Waals surface area contributed by atoms with E-state index in [-0.39, 0.29) is 36.1 Å². The Labute approximate surface area is 134 Å². The van der Waals surface area contributed by atoms with Crippen molar-refractivity contribution < 1.29 is 17.9 Å². The Bertz CT molecular complexity index is 426. The van der Waals surface area contributed by atoms with Gasteiger partial charge in [-0.05, 0) is 6.07 Å². The van der Waals surface area contributed by atoms with Crippen molar-refractivity contribution >= 4 is 24.8 Å². The Morgan fingerprint density at radius 1 is 1.14 bits per heavy atom. The van der Waals surface area contributed by atoms with E-state index < -0.39 is 12.2 Å². The second-order valence-electron chi connectivity index (χ2n) is 4.47. The van der Waals surface area contributed by atoms with Crippen LogP contribution in [0.15, 0.2) is 24.3 Å². The maximum Gasteiger partial charge on any atom is 0.408 e. The van der Waals surface area contributed by atoms with Crippen molar-refractivity contribution in [1.82, 2.24) is 10.2 Å². The molecule has 1 fully saturated rings. The molecule has 0 amide bonds. The van der Waals surface area contributed by atoms with Gasteiger partial charge in [-0.3, -0.25) is 4.90 Å². The summed E-state index contributed by atoms with van der Waals surface area (Å²) in [7, 11) is 1.39. The first-order valence-electron chi connectivity index (χ1n) is 6.18. The molecule has 8 heteroatoms. The number of benzene rings is 1. The van der Waals surface area contributed by atoms with Crippen LogP contribution in [-0.4, -0.2) is 44.4 Å². The molecule has 0 spiro atoms. The van der Waals surface area contributed by atoms with Gasteiger partial charge in [0, 0.05) is 31.7 Å². The largest absolute Gasteiger partial charge is 0.496 e. The van der Waals surface area contributed by atoms with Gasteiger partial charge in [-0.15, -0.1) is 24.8 Å². The van der Waals surface area contributed by atoms with Crippen LogP contribution in [0.5, 0.6) is 5.75 Å². The molecule has 1 aromatic rings. The number of para-hydroxylation sites is 1. The van der Waals surface area contributed by atoms with Gasteiger partial charge >= 0.3 is 6.18 Å². The first kappa shape index (κ1) is 20.3. The van der Waals surface area contributed by atoms with Crippen molar-refractivity contribution in [3.63, 3.8) is 0 Å². The van der Waals surface area contributed by atoms with Gasteiger partial charge in [0.1, 0.15) is 11.8 Å². The molecule has 1 saturated heterocycles. The van der Waals surface area contributed by atoms with Crippen LogP contribution in [0.3, 0.4) is 0 Å². The fourth-order valence-corrected chi connectivity index (χ4v) is 2.41. The van der Waals surface area contributed by atoms with Crippen molar-refractivity contribution in [2.24, 2.45) is 0 Å². The van der Waals surface area contributed by atoms with E-state index in [1.165, 1.54) is 18.1 Å². The van der Waals surface area contributed by atoms with Gasteiger partial charge in [0.25, 0.3) is 0 Å². The predicted molar refractivity (Wildman–Crippen MR) is 80.7 cm³/mol. The van der Waals surface area contributed by atoms with Gasteiger partial charge in [-0.1, -0.05) is 18.2 Å². The molecule has 1 aromatic carbocycles. The highest BCUT2D eigenvalue weighted by atomic mass is 35.5. The van der Waals surface area contributed by atoms with Crippen LogP contribution >= 0.6 is 24.8 Å². The summed E-state index contributed by atoms with van der Waals surface area (Å²) in [4.78, 5) is 1.45. The molecule has 122 valence electrons. The molecule has 0 unspecified atom stereocenters. The lowest BCUT2D eigenvalue weighted by Gasteiger charge is -2.36. The molecule has 1 heterocycles. The van der Waals surface area contributed by atoms with E-state index in [1.54, 1.807) is 18.2 Å². The molecule has 0 aromatic heterocycles. The van der Waals surface area contributed by atoms with Crippen molar-refractivity contribution in [2.75, 3.05) is 33.3 Å². The first-order chi connectivity index (χ1) is 9.04. The van der Waals surface area contributed by atoms with E-state index in [2.05, 4.69) is 5.32 Å². The molecule has 0 radical (unpaired) electrons. The zero-order chi connectivity index (χ0) is 13.9. The fraction of sp³-hybridized carbons (Fsp3) is 0.538. The summed E-state index contributed by atoms with van der Waals surface area (Å²) in [5, 5.41) is 3.06. The molecule has 2 rings (SSSR count). The van der Waals surface area contributed by atoms with Crippen molar-refractivity contribution in [3.8, 4) is 5.75 Å². The number of hydrogen-bond acceptors (Lipinski definition) is 3. The first-order valence-corrected chi connectivity index (χ1v) is 6.18. The van der Waals surface area contributed by atoms with Crippen molar-refractivity contribution in [3.05, 3.63) is 29.8 Å². The number of nitrogens with one attached hydrogen (secondary N) is 1. The van der Waals surface area contributed by atoms with E-state index in [0.29, 0.717) is 26.2 Å². The van der Waals surface area contributed by atoms with Gasteiger partial charge in [-0.25, -0.2) is 0 Å². The van der Waals surface area contributed by atoms with Crippen LogP contribution < -0.4 is 10.1 Å². The zero-order valence-electron chi connectivity index (χ0n) is 11.5. The van der Waals surface area contributed by atoms with Crippen molar-refractivity contribution in [1.29, 1.82) is 0 Å². The van der Waals surface area contributed by atoms with E-state index in [0.717, 1.165) is 0 Å². The van der Waals surface area contributed by atoms with Crippen LogP contribution in [-0.2, 0) is 0 Å². The quantitative estimate of drug-likeness (QED) is 0.910. The van der Waals surface area contributed by atoms with E-state index in [1.807, 2.05) is 0 Å². The second-order valence-corrected chi connectivity index (χ2v) is 4.47. The van der Waals surface area contributed by atoms with E-state index >= 15 is 0 Å². The molecular formula is C13H19Cl2F3N2O. The SMILES string of the molecule is COc1ccccc1[C@@H](N1CCNCC1)C(F)(F)F.Cl.Cl. The van der Waals surface area contributed by atoms with E-state index in [4.69, 9.17) is 4.74 Å². The van der Waals surface area contributed by atoms with Crippen LogP contribution in [0.1, 0.15) is 11.6 Å². The number of methoxy groups -OCH3 is 1. The maximum absolute atomic E-state index is 13.4. The Hall–Kier alpha value is -0.690. The number of ether oxygens (including phenoxy) is 1. The molecule has 0 bridgehead atoms. The maximum atomic E-state index is 13.4. The number of piperazine rings is 1. The third-order valence-electron chi connectivity index (χ3n) is 3.26. The van der Waals surface area contributed by atoms with Gasteiger partial charge < -0.3 is 10.1 Å². The molecular weight excluding hydrogens is 328 g/mol. The minimum Gasteiger partial charge on any atom is -0.496 e. The average Bonchev–Trinajstić information content (AvgIpc) is 2.39. The Morgan fingerprint density at radius 2 is 1.71 bits per heavy atom. The summed E-state index contributed by atoms with van der Waals surface area (Å²) in [5.41, 5.74) is 0.180. The summed E-state index contributed by atoms with van der Waals surface area (Å²) in [6.45, 7) is 1.90. The summed E-state index contributed by atoms with van der Waals surface area (Å²) in [6, 6.07) is 4.73. The van der Waals surface area contributed by atoms with Crippen LogP contribution in [0.25, 0.3) is 0 Å². The summed E-state index contributed by atoms with van der Waals surface area (Å²) in [6.07, 6.45) is -4.31. The minimum atomic E-state index is -4.31. The number of halogens is 5. The lowest BCUT2D eigenvalue weighted by Crippen LogP contribution is -2.49. The van der Waals surface area contributed by atoms with Gasteiger partial charge in [0.15, 0.2) is 0 Å². The Morgan fingerprint density at radius 3 is 2.24 bits per heavy atom. The standard InChI is InChI=1S/C13H17F3N2O.2ClH/c1-19-11-5-3-2-4-10(11)12(13(14,15)16)18-8-6-17-7-9-18;;/h2-5,12,17H,6-9H2,1H3;2*1H/t12-;;/m1../s1. The van der Waals surface area contributed by atoms with Crippen LogP contribution in [0.4, 0.5) is 13.2 Å². The van der Waals surface area contributed by atoms with Crippen molar-refractivity contribution in [2.45, 2.75) is 12.2 Å². The van der Waals surface area contributed by atoms with Gasteiger partial charge in [0.2, 0.25) is 0 Å². The summed E-state index contributed by atoms with van der Waals surface area (Å²) < 4.78 is 45.2. The normalized spacial score (nSPS) is 17.3. The molecule has 0 saturated carbocycles. The highest BCUT2D eigenvalue weighted by Gasteiger charge is 2.46. The van der Waals surface area contributed by atoms with E-state index in [9.17, 15) is 13.2 Å². The minimum absolute atomic E-state index is 0.